The lowest BCUT2D eigenvalue weighted by molar-refractivity contribution is 0.0689. The van der Waals surface area contributed by atoms with Crippen molar-refractivity contribution < 1.29 is 29.4 Å². The Morgan fingerprint density at radius 2 is 2.15 bits per heavy atom. The molecule has 0 amide bonds. The van der Waals surface area contributed by atoms with Gasteiger partial charge in [-0.15, -0.1) is 0 Å². The number of hydrogen-bond acceptors (Lipinski definition) is 4. The molecule has 2 rings (SSSR count). The molecule has 0 aliphatic rings. The van der Waals surface area contributed by atoms with E-state index in [1.165, 1.54) is 10.6 Å². The van der Waals surface area contributed by atoms with Crippen molar-refractivity contribution >= 4 is 35.1 Å². The Labute approximate surface area is 121 Å². The smallest absolute Gasteiger partial charge is 0.356 e. The lowest BCUT2D eigenvalue weighted by Crippen LogP contribution is -2.15. The lowest BCUT2D eigenvalue weighted by Gasteiger charge is -2.12. The molecule has 0 radical (unpaired) electrons. The summed E-state index contributed by atoms with van der Waals surface area (Å²) in [5.41, 5.74) is -0.0314. The van der Waals surface area contributed by atoms with Crippen LogP contribution in [0.3, 0.4) is 0 Å². The number of aliphatic hydroxyl groups is 1. The summed E-state index contributed by atoms with van der Waals surface area (Å²) < 4.78 is 13.0. The number of carbonyl (C=O) groups is 1. The van der Waals surface area contributed by atoms with E-state index in [2.05, 4.69) is 20.9 Å². The first kappa shape index (κ1) is 15.1. The largest absolute Gasteiger partial charge is 0.476 e. The molecule has 2 aromatic heterocycles. The second kappa shape index (κ2) is 5.27. The van der Waals surface area contributed by atoms with Crippen molar-refractivity contribution in [1.82, 2.24) is 9.38 Å². The van der Waals surface area contributed by atoms with E-state index in [1.54, 1.807) is 12.1 Å². The highest BCUT2D eigenvalue weighted by Gasteiger charge is 2.30. The van der Waals surface area contributed by atoms with E-state index >= 15 is 0 Å². The third-order valence-electron chi connectivity index (χ3n) is 2.65. The lowest BCUT2D eigenvalue weighted by atomic mass is 10.2. The number of hydrogen-bond donors (Lipinski definition) is 4. The summed E-state index contributed by atoms with van der Waals surface area (Å²) in [4.78, 5) is 32.8. The predicted octanol–water partition coefficient (Wildman–Crippen LogP) is 0.834. The molecular weight excluding hydrogens is 355 g/mol. The standard InChI is InChI=1S/C10H10BrN2O6P/c11-5-1-2-13-6(4-8(14)20(17,18)19)9(10(15)16)12-7(13)3-5/h1-3,8,14H,4H2,(H,15,16)(H2,17,18,19). The van der Waals surface area contributed by atoms with Crippen LogP contribution in [-0.4, -0.2) is 41.2 Å². The molecule has 1 unspecified atom stereocenters. The van der Waals surface area contributed by atoms with Gasteiger partial charge in [-0.3, -0.25) is 4.57 Å². The fourth-order valence-electron chi connectivity index (χ4n) is 1.73. The van der Waals surface area contributed by atoms with Crippen molar-refractivity contribution in [3.8, 4) is 0 Å². The molecule has 0 spiro atoms. The topological polar surface area (TPSA) is 132 Å². The van der Waals surface area contributed by atoms with Crippen molar-refractivity contribution in [2.75, 3.05) is 0 Å². The van der Waals surface area contributed by atoms with Gasteiger partial charge >= 0.3 is 13.6 Å². The number of fused-ring (bicyclic) bond motifs is 1. The maximum atomic E-state index is 11.1. The minimum absolute atomic E-state index is 0.0239. The van der Waals surface area contributed by atoms with E-state index < -0.39 is 25.8 Å². The first-order valence-corrected chi connectivity index (χ1v) is 7.80. The Morgan fingerprint density at radius 1 is 1.50 bits per heavy atom. The third-order valence-corrected chi connectivity index (χ3v) is 4.11. The molecule has 108 valence electrons. The highest BCUT2D eigenvalue weighted by atomic mass is 79.9. The Morgan fingerprint density at radius 3 is 2.70 bits per heavy atom. The van der Waals surface area contributed by atoms with Crippen LogP contribution in [0.15, 0.2) is 22.8 Å². The molecule has 1 atom stereocenters. The number of rotatable bonds is 4. The predicted molar refractivity (Wildman–Crippen MR) is 71.6 cm³/mol. The van der Waals surface area contributed by atoms with Gasteiger partial charge in [-0.05, 0) is 12.1 Å². The molecule has 0 fully saturated rings. The van der Waals surface area contributed by atoms with E-state index in [4.69, 9.17) is 14.9 Å². The molecule has 2 aromatic rings. The molecule has 0 saturated carbocycles. The van der Waals surface area contributed by atoms with Crippen LogP contribution in [0, 0.1) is 0 Å². The van der Waals surface area contributed by atoms with Gasteiger partial charge in [-0.1, -0.05) is 15.9 Å². The zero-order chi connectivity index (χ0) is 15.1. The summed E-state index contributed by atoms with van der Waals surface area (Å²) in [6.45, 7) is 0. The number of aliphatic hydroxyl groups excluding tert-OH is 1. The SMILES string of the molecule is O=C(O)c1nc2cc(Br)ccn2c1CC(O)P(=O)(O)O. The number of carboxylic acid groups (broad SMARTS) is 1. The number of pyridine rings is 1. The van der Waals surface area contributed by atoms with E-state index in [0.29, 0.717) is 10.1 Å². The average molecular weight is 365 g/mol. The van der Waals surface area contributed by atoms with Crippen molar-refractivity contribution in [2.24, 2.45) is 0 Å². The van der Waals surface area contributed by atoms with Gasteiger partial charge in [0.15, 0.2) is 11.5 Å². The van der Waals surface area contributed by atoms with E-state index in [1.807, 2.05) is 0 Å². The van der Waals surface area contributed by atoms with Gasteiger partial charge in [-0.2, -0.15) is 0 Å². The van der Waals surface area contributed by atoms with Gasteiger partial charge in [0.05, 0.1) is 5.69 Å². The van der Waals surface area contributed by atoms with E-state index in [-0.39, 0.29) is 11.4 Å². The Hall–Kier alpha value is -1.25. The van der Waals surface area contributed by atoms with Gasteiger partial charge in [0.1, 0.15) is 5.65 Å². The summed E-state index contributed by atoms with van der Waals surface area (Å²) in [6.07, 6.45) is 0.981. The normalized spacial score (nSPS) is 13.6. The average Bonchev–Trinajstić information content (AvgIpc) is 2.66. The van der Waals surface area contributed by atoms with Gasteiger partial charge in [0.2, 0.25) is 0 Å². The molecule has 0 saturated heterocycles. The molecule has 0 aliphatic carbocycles. The number of aromatic nitrogens is 2. The van der Waals surface area contributed by atoms with Crippen molar-refractivity contribution in [3.63, 3.8) is 0 Å². The van der Waals surface area contributed by atoms with Crippen LogP contribution in [0.1, 0.15) is 16.2 Å². The summed E-state index contributed by atoms with van der Waals surface area (Å²) in [7, 11) is -4.72. The van der Waals surface area contributed by atoms with Crippen LogP contribution in [0.4, 0.5) is 0 Å². The first-order chi connectivity index (χ1) is 9.20. The maximum absolute atomic E-state index is 11.1. The van der Waals surface area contributed by atoms with E-state index in [0.717, 1.165) is 0 Å². The Kier molecular flexibility index (Phi) is 3.99. The highest BCUT2D eigenvalue weighted by Crippen LogP contribution is 2.41. The van der Waals surface area contributed by atoms with Crippen LogP contribution in [0.25, 0.3) is 5.65 Å². The quantitative estimate of drug-likeness (QED) is 0.590. The summed E-state index contributed by atoms with van der Waals surface area (Å²) in [5, 5.41) is 18.6. The molecule has 0 aliphatic heterocycles. The van der Waals surface area contributed by atoms with Crippen LogP contribution in [-0.2, 0) is 11.0 Å². The third kappa shape index (κ3) is 2.92. The number of aromatic carboxylic acids is 1. The summed E-state index contributed by atoms with van der Waals surface area (Å²) >= 11 is 3.21. The molecular formula is C10H10BrN2O6P. The second-order valence-corrected chi connectivity index (χ2v) is 6.75. The zero-order valence-corrected chi connectivity index (χ0v) is 12.3. The van der Waals surface area contributed by atoms with Gasteiger partial charge in [-0.25, -0.2) is 9.78 Å². The molecule has 2 heterocycles. The van der Waals surface area contributed by atoms with Gasteiger partial charge in [0.25, 0.3) is 0 Å². The number of halogens is 1. The van der Waals surface area contributed by atoms with Crippen LogP contribution in [0.5, 0.6) is 0 Å². The zero-order valence-electron chi connectivity index (χ0n) is 9.84. The van der Waals surface area contributed by atoms with Crippen LogP contribution in [0.2, 0.25) is 0 Å². The molecule has 4 N–H and O–H groups in total. The molecule has 0 aromatic carbocycles. The minimum Gasteiger partial charge on any atom is -0.476 e. The fraction of sp³-hybridized carbons (Fsp3) is 0.200. The van der Waals surface area contributed by atoms with Gasteiger partial charge < -0.3 is 24.4 Å². The highest BCUT2D eigenvalue weighted by molar-refractivity contribution is 9.10. The maximum Gasteiger partial charge on any atom is 0.356 e. The molecule has 8 nitrogen and oxygen atoms in total. The second-order valence-electron chi connectivity index (χ2n) is 4.06. The monoisotopic (exact) mass is 364 g/mol. The van der Waals surface area contributed by atoms with Crippen LogP contribution < -0.4 is 0 Å². The number of nitrogens with zero attached hydrogens (tertiary/aromatic N) is 2. The fourth-order valence-corrected chi connectivity index (χ4v) is 2.46. The van der Waals surface area contributed by atoms with Crippen LogP contribution >= 0.6 is 23.5 Å². The number of imidazole rings is 1. The molecule has 0 bridgehead atoms. The van der Waals surface area contributed by atoms with E-state index in [9.17, 15) is 14.5 Å². The minimum atomic E-state index is -4.72. The summed E-state index contributed by atoms with van der Waals surface area (Å²) in [6, 6.07) is 3.17. The molecule has 10 heteroatoms. The first-order valence-electron chi connectivity index (χ1n) is 5.33. The molecule has 20 heavy (non-hydrogen) atoms. The Balaban J connectivity index is 2.57. The van der Waals surface area contributed by atoms with Gasteiger partial charge in [0, 0.05) is 17.1 Å². The summed E-state index contributed by atoms with van der Waals surface area (Å²) in [5.74, 6) is -3.32. The van der Waals surface area contributed by atoms with Crippen molar-refractivity contribution in [1.29, 1.82) is 0 Å². The number of carboxylic acids is 1. The van der Waals surface area contributed by atoms with Crippen molar-refractivity contribution in [2.45, 2.75) is 12.3 Å². The Bertz CT molecular complexity index is 724. The van der Waals surface area contributed by atoms with Crippen molar-refractivity contribution in [3.05, 3.63) is 34.2 Å².